The lowest BCUT2D eigenvalue weighted by molar-refractivity contribution is 0.324. The van der Waals surface area contributed by atoms with Crippen LogP contribution in [0.3, 0.4) is 0 Å². The number of anilines is 1. The van der Waals surface area contributed by atoms with Crippen LogP contribution in [-0.4, -0.2) is 28.7 Å². The summed E-state index contributed by atoms with van der Waals surface area (Å²) in [6.45, 7) is 8.48. The van der Waals surface area contributed by atoms with E-state index in [0.717, 1.165) is 39.6 Å². The zero-order chi connectivity index (χ0) is 19.0. The molecule has 0 saturated carbocycles. The summed E-state index contributed by atoms with van der Waals surface area (Å²) in [7, 11) is 1.70. The van der Waals surface area contributed by atoms with E-state index < -0.39 is 0 Å². The van der Waals surface area contributed by atoms with E-state index in [1.807, 2.05) is 24.4 Å². The number of aromatic nitrogens is 2. The molecule has 140 valence electrons. The van der Waals surface area contributed by atoms with Crippen LogP contribution >= 0.6 is 11.3 Å². The molecule has 1 aliphatic rings. The van der Waals surface area contributed by atoms with Crippen molar-refractivity contribution in [3.63, 3.8) is 0 Å². The SMILES string of the molecule is C=C1CC(Nc2nccc(-c3cc4cccc(OC)c4s3)n2)CC(C)(C)N1. The van der Waals surface area contributed by atoms with Crippen molar-refractivity contribution in [1.29, 1.82) is 0 Å². The van der Waals surface area contributed by atoms with Gasteiger partial charge in [0.1, 0.15) is 5.75 Å². The number of piperidine rings is 1. The van der Waals surface area contributed by atoms with Crippen molar-refractivity contribution in [3.8, 4) is 16.3 Å². The van der Waals surface area contributed by atoms with Crippen molar-refractivity contribution in [2.24, 2.45) is 0 Å². The number of fused-ring (bicyclic) bond motifs is 1. The maximum absolute atomic E-state index is 5.48. The first-order valence-corrected chi connectivity index (χ1v) is 9.88. The second-order valence-corrected chi connectivity index (χ2v) is 8.67. The average molecular weight is 381 g/mol. The Balaban J connectivity index is 1.60. The first kappa shape index (κ1) is 17.8. The van der Waals surface area contributed by atoms with Gasteiger partial charge in [0.2, 0.25) is 5.95 Å². The van der Waals surface area contributed by atoms with Crippen LogP contribution in [0, 0.1) is 0 Å². The van der Waals surface area contributed by atoms with E-state index in [2.05, 4.69) is 48.2 Å². The fraction of sp³-hybridized carbons (Fsp3) is 0.333. The van der Waals surface area contributed by atoms with Gasteiger partial charge < -0.3 is 15.4 Å². The molecule has 5 nitrogen and oxygen atoms in total. The monoisotopic (exact) mass is 380 g/mol. The lowest BCUT2D eigenvalue weighted by Gasteiger charge is -2.38. The largest absolute Gasteiger partial charge is 0.495 e. The van der Waals surface area contributed by atoms with Crippen LogP contribution < -0.4 is 15.4 Å². The number of methoxy groups -OCH3 is 1. The topological polar surface area (TPSA) is 59.1 Å². The van der Waals surface area contributed by atoms with E-state index in [9.17, 15) is 0 Å². The normalized spacial score (nSPS) is 18.9. The molecule has 1 unspecified atom stereocenters. The third kappa shape index (κ3) is 3.76. The minimum atomic E-state index is 0.0205. The van der Waals surface area contributed by atoms with E-state index in [4.69, 9.17) is 9.72 Å². The van der Waals surface area contributed by atoms with Crippen molar-refractivity contribution in [2.45, 2.75) is 38.3 Å². The van der Waals surface area contributed by atoms with E-state index in [0.29, 0.717) is 5.95 Å². The van der Waals surface area contributed by atoms with Gasteiger partial charge in [-0.1, -0.05) is 18.7 Å². The highest BCUT2D eigenvalue weighted by Crippen LogP contribution is 2.38. The molecular formula is C21H24N4OS. The summed E-state index contributed by atoms with van der Waals surface area (Å²) in [5, 5.41) is 8.10. The van der Waals surface area contributed by atoms with Crippen molar-refractivity contribution >= 4 is 27.4 Å². The van der Waals surface area contributed by atoms with Gasteiger partial charge in [-0.15, -0.1) is 11.3 Å². The molecule has 1 saturated heterocycles. The Hall–Kier alpha value is -2.60. The quantitative estimate of drug-likeness (QED) is 0.679. The number of thiophene rings is 1. The highest BCUT2D eigenvalue weighted by Gasteiger charge is 2.29. The van der Waals surface area contributed by atoms with Gasteiger partial charge in [0.25, 0.3) is 0 Å². The van der Waals surface area contributed by atoms with Gasteiger partial charge in [-0.2, -0.15) is 0 Å². The van der Waals surface area contributed by atoms with Crippen LogP contribution in [-0.2, 0) is 0 Å². The smallest absolute Gasteiger partial charge is 0.223 e. The van der Waals surface area contributed by atoms with Crippen LogP contribution in [0.5, 0.6) is 5.75 Å². The first-order chi connectivity index (χ1) is 12.9. The predicted octanol–water partition coefficient (Wildman–Crippen LogP) is 4.82. The number of hydrogen-bond donors (Lipinski definition) is 2. The van der Waals surface area contributed by atoms with E-state index in [-0.39, 0.29) is 11.6 Å². The molecule has 6 heteroatoms. The first-order valence-electron chi connectivity index (χ1n) is 9.06. The molecule has 2 N–H and O–H groups in total. The van der Waals surface area contributed by atoms with Crippen molar-refractivity contribution in [1.82, 2.24) is 15.3 Å². The molecule has 0 bridgehead atoms. The molecule has 2 aromatic heterocycles. The van der Waals surface area contributed by atoms with Crippen molar-refractivity contribution < 1.29 is 4.74 Å². The number of nitrogens with zero attached hydrogens (tertiary/aromatic N) is 2. The molecule has 1 aromatic carbocycles. The summed E-state index contributed by atoms with van der Waals surface area (Å²) < 4.78 is 6.62. The van der Waals surface area contributed by atoms with Gasteiger partial charge in [-0.05, 0) is 43.9 Å². The van der Waals surface area contributed by atoms with Gasteiger partial charge in [-0.3, -0.25) is 0 Å². The molecule has 0 aliphatic carbocycles. The Kier molecular flexibility index (Phi) is 4.52. The maximum Gasteiger partial charge on any atom is 0.223 e. The summed E-state index contributed by atoms with van der Waals surface area (Å²) in [6.07, 6.45) is 3.67. The molecule has 0 amide bonds. The molecule has 0 spiro atoms. The standard InChI is InChI=1S/C21H24N4OS/c1-13-10-15(12-21(2,3)25-13)23-20-22-9-8-16(24-20)18-11-14-6-5-7-17(26-4)19(14)27-18/h5-9,11,15,25H,1,10,12H2,2-4H3,(H,22,23,24). The fourth-order valence-electron chi connectivity index (χ4n) is 3.74. The maximum atomic E-state index is 5.48. The van der Waals surface area contributed by atoms with Crippen LogP contribution in [0.4, 0.5) is 5.95 Å². The summed E-state index contributed by atoms with van der Waals surface area (Å²) in [5.74, 6) is 1.55. The Bertz CT molecular complexity index is 995. The van der Waals surface area contributed by atoms with E-state index >= 15 is 0 Å². The number of hydrogen-bond acceptors (Lipinski definition) is 6. The predicted molar refractivity (Wildman–Crippen MR) is 112 cm³/mol. The van der Waals surface area contributed by atoms with Crippen LogP contribution in [0.1, 0.15) is 26.7 Å². The molecule has 4 rings (SSSR count). The summed E-state index contributed by atoms with van der Waals surface area (Å²) >= 11 is 1.69. The molecular weight excluding hydrogens is 356 g/mol. The van der Waals surface area contributed by atoms with Gasteiger partial charge in [0.05, 0.1) is 22.4 Å². The summed E-state index contributed by atoms with van der Waals surface area (Å²) in [6, 6.07) is 10.5. The van der Waals surface area contributed by atoms with Crippen LogP contribution in [0.2, 0.25) is 0 Å². The lowest BCUT2D eigenvalue weighted by Crippen LogP contribution is -2.48. The molecule has 27 heavy (non-hydrogen) atoms. The van der Waals surface area contributed by atoms with E-state index in [1.54, 1.807) is 18.4 Å². The molecule has 3 heterocycles. The second kappa shape index (κ2) is 6.85. The van der Waals surface area contributed by atoms with Gasteiger partial charge in [0, 0.05) is 29.9 Å². The molecule has 1 aliphatic heterocycles. The van der Waals surface area contributed by atoms with Crippen molar-refractivity contribution in [2.75, 3.05) is 12.4 Å². The molecule has 0 radical (unpaired) electrons. The lowest BCUT2D eigenvalue weighted by atomic mass is 9.88. The zero-order valence-corrected chi connectivity index (χ0v) is 16.7. The number of nitrogens with one attached hydrogen (secondary N) is 2. The molecule has 3 aromatic rings. The Morgan fingerprint density at radius 2 is 2.19 bits per heavy atom. The van der Waals surface area contributed by atoms with Gasteiger partial charge in [-0.25, -0.2) is 9.97 Å². The average Bonchev–Trinajstić information content (AvgIpc) is 3.04. The highest BCUT2D eigenvalue weighted by molar-refractivity contribution is 7.22. The molecule has 1 fully saturated rings. The minimum Gasteiger partial charge on any atom is -0.495 e. The van der Waals surface area contributed by atoms with Crippen molar-refractivity contribution in [3.05, 3.63) is 48.8 Å². The highest BCUT2D eigenvalue weighted by atomic mass is 32.1. The number of ether oxygens (including phenoxy) is 1. The van der Waals surface area contributed by atoms with E-state index in [1.165, 1.54) is 5.39 Å². The second-order valence-electron chi connectivity index (χ2n) is 7.62. The molecule has 1 atom stereocenters. The summed E-state index contributed by atoms with van der Waals surface area (Å²) in [5.41, 5.74) is 1.99. The van der Waals surface area contributed by atoms with Gasteiger partial charge in [0.15, 0.2) is 0 Å². The fourth-order valence-corrected chi connectivity index (χ4v) is 4.86. The Morgan fingerprint density at radius 3 is 2.96 bits per heavy atom. The summed E-state index contributed by atoms with van der Waals surface area (Å²) in [4.78, 5) is 10.3. The number of rotatable bonds is 4. The number of benzene rings is 1. The van der Waals surface area contributed by atoms with Crippen LogP contribution in [0.25, 0.3) is 20.7 Å². The third-order valence-electron chi connectivity index (χ3n) is 4.73. The Labute approximate surface area is 163 Å². The minimum absolute atomic E-state index is 0.0205. The Morgan fingerprint density at radius 1 is 1.33 bits per heavy atom. The van der Waals surface area contributed by atoms with Crippen LogP contribution in [0.15, 0.2) is 48.8 Å². The third-order valence-corrected chi connectivity index (χ3v) is 5.92. The van der Waals surface area contributed by atoms with Gasteiger partial charge >= 0.3 is 0 Å². The zero-order valence-electron chi connectivity index (χ0n) is 15.9.